The average molecular weight is 359 g/mol. The molecule has 1 aromatic rings. The molecule has 1 heterocycles. The Morgan fingerprint density at radius 2 is 2.12 bits per heavy atom. The van der Waals surface area contributed by atoms with E-state index in [9.17, 15) is 9.59 Å². The first-order valence-electron chi connectivity index (χ1n) is 9.06. The fourth-order valence-electron chi connectivity index (χ4n) is 3.04. The van der Waals surface area contributed by atoms with E-state index in [-0.39, 0.29) is 24.0 Å². The fourth-order valence-corrected chi connectivity index (χ4v) is 3.04. The minimum atomic E-state index is -0.585. The number of esters is 1. The van der Waals surface area contributed by atoms with Crippen LogP contribution in [0.2, 0.25) is 0 Å². The number of benzene rings is 1. The van der Waals surface area contributed by atoms with Crippen LogP contribution in [0.25, 0.3) is 0 Å². The number of rotatable bonds is 6. The van der Waals surface area contributed by atoms with Gasteiger partial charge in [0.25, 0.3) is 0 Å². The first-order chi connectivity index (χ1) is 12.2. The lowest BCUT2D eigenvalue weighted by atomic mass is 9.95. The van der Waals surface area contributed by atoms with E-state index in [2.05, 4.69) is 18.0 Å². The molecular weight excluding hydrogens is 330 g/mol. The molecule has 1 aromatic carbocycles. The Hall–Kier alpha value is -2.30. The van der Waals surface area contributed by atoms with Crippen LogP contribution in [-0.4, -0.2) is 29.8 Å². The number of allylic oxidation sites excluding steroid dienone is 1. The molecule has 0 radical (unpaired) electrons. The summed E-state index contributed by atoms with van der Waals surface area (Å²) in [4.78, 5) is 24.1. The maximum atomic E-state index is 12.3. The third kappa shape index (κ3) is 5.90. The highest BCUT2D eigenvalue weighted by Gasteiger charge is 2.37. The fraction of sp³-hybridized carbons (Fsp3) is 0.524. The van der Waals surface area contributed by atoms with Crippen molar-refractivity contribution >= 4 is 12.1 Å². The zero-order valence-corrected chi connectivity index (χ0v) is 16.1. The second-order valence-electron chi connectivity index (χ2n) is 7.88. The van der Waals surface area contributed by atoms with Gasteiger partial charge in [-0.15, -0.1) is 6.58 Å². The molecule has 5 nitrogen and oxygen atoms in total. The molecule has 0 unspecified atom stereocenters. The SMILES string of the molecule is C=CCc1cccc(C[C@H](NC(=O)OC(C)(C)C)[C@@H]2C[C@@H](C)C(=O)O2)c1. The van der Waals surface area contributed by atoms with Gasteiger partial charge in [-0.2, -0.15) is 0 Å². The van der Waals surface area contributed by atoms with Gasteiger partial charge in [-0.05, 0) is 51.2 Å². The molecule has 1 aliphatic rings. The van der Waals surface area contributed by atoms with Gasteiger partial charge in [0.1, 0.15) is 11.7 Å². The molecule has 0 aromatic heterocycles. The van der Waals surface area contributed by atoms with Crippen LogP contribution in [0.15, 0.2) is 36.9 Å². The van der Waals surface area contributed by atoms with Crippen LogP contribution in [0.4, 0.5) is 4.79 Å². The number of amides is 1. The quantitative estimate of drug-likeness (QED) is 0.620. The molecule has 1 N–H and O–H groups in total. The highest BCUT2D eigenvalue weighted by atomic mass is 16.6. The summed E-state index contributed by atoms with van der Waals surface area (Å²) in [7, 11) is 0. The van der Waals surface area contributed by atoms with E-state index in [1.54, 1.807) is 0 Å². The van der Waals surface area contributed by atoms with Crippen molar-refractivity contribution in [3.05, 3.63) is 48.0 Å². The van der Waals surface area contributed by atoms with E-state index in [0.717, 1.165) is 17.5 Å². The van der Waals surface area contributed by atoms with Gasteiger partial charge in [-0.25, -0.2) is 4.79 Å². The normalized spacial score (nSPS) is 21.0. The van der Waals surface area contributed by atoms with Crippen LogP contribution < -0.4 is 5.32 Å². The molecule has 0 saturated carbocycles. The highest BCUT2D eigenvalue weighted by molar-refractivity contribution is 5.74. The summed E-state index contributed by atoms with van der Waals surface area (Å²) < 4.78 is 10.9. The van der Waals surface area contributed by atoms with Crippen LogP contribution in [0.5, 0.6) is 0 Å². The smallest absolute Gasteiger partial charge is 0.408 e. The molecular formula is C21H29NO4. The summed E-state index contributed by atoms with van der Waals surface area (Å²) in [6.45, 7) is 11.1. The van der Waals surface area contributed by atoms with Gasteiger partial charge in [0.2, 0.25) is 0 Å². The number of carbonyl (C=O) groups excluding carboxylic acids is 2. The van der Waals surface area contributed by atoms with Gasteiger partial charge >= 0.3 is 12.1 Å². The Kier molecular flexibility index (Phi) is 6.46. The molecule has 0 spiro atoms. The zero-order chi connectivity index (χ0) is 19.3. The number of nitrogens with one attached hydrogen (secondary N) is 1. The van der Waals surface area contributed by atoms with Crippen molar-refractivity contribution in [2.45, 2.75) is 64.7 Å². The summed E-state index contributed by atoms with van der Waals surface area (Å²) >= 11 is 0. The first-order valence-corrected chi connectivity index (χ1v) is 9.06. The Bertz CT molecular complexity index is 662. The molecule has 0 bridgehead atoms. The number of carbonyl (C=O) groups is 2. The van der Waals surface area contributed by atoms with Crippen LogP contribution in [0, 0.1) is 5.92 Å². The van der Waals surface area contributed by atoms with Gasteiger partial charge in [-0.1, -0.05) is 37.3 Å². The lowest BCUT2D eigenvalue weighted by Gasteiger charge is -2.26. The summed E-state index contributed by atoms with van der Waals surface area (Å²) in [5.74, 6) is -0.374. The van der Waals surface area contributed by atoms with Gasteiger partial charge in [0.05, 0.1) is 12.0 Å². The Morgan fingerprint density at radius 1 is 1.42 bits per heavy atom. The van der Waals surface area contributed by atoms with Crippen molar-refractivity contribution < 1.29 is 19.1 Å². The minimum Gasteiger partial charge on any atom is -0.460 e. The monoisotopic (exact) mass is 359 g/mol. The van der Waals surface area contributed by atoms with Crippen LogP contribution in [0.1, 0.15) is 45.2 Å². The Morgan fingerprint density at radius 3 is 2.69 bits per heavy atom. The second-order valence-corrected chi connectivity index (χ2v) is 7.88. The molecule has 1 amide bonds. The third-order valence-electron chi connectivity index (χ3n) is 4.23. The van der Waals surface area contributed by atoms with Crippen molar-refractivity contribution in [2.24, 2.45) is 5.92 Å². The zero-order valence-electron chi connectivity index (χ0n) is 16.1. The number of alkyl carbamates (subject to hydrolysis) is 1. The van der Waals surface area contributed by atoms with E-state index in [0.29, 0.717) is 12.8 Å². The summed E-state index contributed by atoms with van der Waals surface area (Å²) in [5.41, 5.74) is 1.64. The summed E-state index contributed by atoms with van der Waals surface area (Å²) in [5, 5.41) is 2.90. The van der Waals surface area contributed by atoms with Crippen molar-refractivity contribution in [2.75, 3.05) is 0 Å². The standard InChI is InChI=1S/C21H29NO4/c1-6-8-15-9-7-10-16(12-15)13-17(18-11-14(2)19(23)25-18)22-20(24)26-21(3,4)5/h6-7,9-10,12,14,17-18H,1,8,11,13H2,2-5H3,(H,22,24)/t14-,17+,18+/m1/s1. The minimum absolute atomic E-state index is 0.157. The maximum Gasteiger partial charge on any atom is 0.408 e. The van der Waals surface area contributed by atoms with E-state index in [1.165, 1.54) is 0 Å². The van der Waals surface area contributed by atoms with E-state index >= 15 is 0 Å². The number of hydrogen-bond acceptors (Lipinski definition) is 4. The molecule has 1 saturated heterocycles. The van der Waals surface area contributed by atoms with Crippen LogP contribution in [0.3, 0.4) is 0 Å². The molecule has 0 aliphatic carbocycles. The molecule has 1 fully saturated rings. The van der Waals surface area contributed by atoms with Crippen molar-refractivity contribution in [3.63, 3.8) is 0 Å². The number of cyclic esters (lactones) is 1. The summed E-state index contributed by atoms with van der Waals surface area (Å²) in [6, 6.07) is 7.79. The largest absolute Gasteiger partial charge is 0.460 e. The average Bonchev–Trinajstić information content (AvgIpc) is 2.85. The van der Waals surface area contributed by atoms with Crippen molar-refractivity contribution in [1.29, 1.82) is 0 Å². The van der Waals surface area contributed by atoms with Crippen LogP contribution >= 0.6 is 0 Å². The van der Waals surface area contributed by atoms with Gasteiger partial charge in [-0.3, -0.25) is 4.79 Å². The van der Waals surface area contributed by atoms with Crippen molar-refractivity contribution in [3.8, 4) is 0 Å². The van der Waals surface area contributed by atoms with Gasteiger partial charge in [0.15, 0.2) is 0 Å². The molecule has 5 heteroatoms. The Labute approximate surface area is 155 Å². The number of ether oxygens (including phenoxy) is 2. The Balaban J connectivity index is 2.15. The topological polar surface area (TPSA) is 64.6 Å². The number of hydrogen-bond donors (Lipinski definition) is 1. The molecule has 2 rings (SSSR count). The van der Waals surface area contributed by atoms with E-state index < -0.39 is 11.7 Å². The first kappa shape index (κ1) is 20.0. The van der Waals surface area contributed by atoms with Gasteiger partial charge < -0.3 is 14.8 Å². The van der Waals surface area contributed by atoms with Gasteiger partial charge in [0, 0.05) is 0 Å². The highest BCUT2D eigenvalue weighted by Crippen LogP contribution is 2.25. The molecule has 26 heavy (non-hydrogen) atoms. The predicted molar refractivity (Wildman–Crippen MR) is 101 cm³/mol. The third-order valence-corrected chi connectivity index (χ3v) is 4.23. The van der Waals surface area contributed by atoms with E-state index in [4.69, 9.17) is 9.47 Å². The molecule has 142 valence electrons. The lowest BCUT2D eigenvalue weighted by molar-refractivity contribution is -0.144. The van der Waals surface area contributed by atoms with E-state index in [1.807, 2.05) is 52.0 Å². The lowest BCUT2D eigenvalue weighted by Crippen LogP contribution is -2.46. The second kappa shape index (κ2) is 8.39. The maximum absolute atomic E-state index is 12.3. The van der Waals surface area contributed by atoms with Crippen molar-refractivity contribution in [1.82, 2.24) is 5.32 Å². The summed E-state index contributed by atoms with van der Waals surface area (Å²) in [6.07, 6.45) is 2.94. The van der Waals surface area contributed by atoms with Crippen LogP contribution in [-0.2, 0) is 27.1 Å². The molecule has 3 atom stereocenters. The predicted octanol–water partition coefficient (Wildman–Crippen LogP) is 3.80. The molecule has 1 aliphatic heterocycles.